The standard InChI is InChI=1S/C19H20BrN/c1-12(2)16-8-5-9-17-13(3)10-18(21-19(16)17)14-6-4-7-15(20)11-14/h4-9,11-13H,10H2,1-3H3. The summed E-state index contributed by atoms with van der Waals surface area (Å²) in [5.74, 6) is 1.02. The van der Waals surface area contributed by atoms with E-state index in [1.54, 1.807) is 0 Å². The zero-order valence-corrected chi connectivity index (χ0v) is 14.3. The number of nitrogens with zero attached hydrogens (tertiary/aromatic N) is 1. The Morgan fingerprint density at radius 2 is 1.90 bits per heavy atom. The van der Waals surface area contributed by atoms with Crippen LogP contribution in [0.4, 0.5) is 5.69 Å². The normalized spacial score (nSPS) is 17.6. The molecule has 21 heavy (non-hydrogen) atoms. The van der Waals surface area contributed by atoms with Crippen LogP contribution in [0, 0.1) is 0 Å². The molecule has 1 aliphatic rings. The van der Waals surface area contributed by atoms with E-state index in [0.29, 0.717) is 11.8 Å². The van der Waals surface area contributed by atoms with Gasteiger partial charge < -0.3 is 0 Å². The molecular weight excluding hydrogens is 322 g/mol. The fourth-order valence-corrected chi connectivity index (χ4v) is 3.40. The first kappa shape index (κ1) is 14.5. The van der Waals surface area contributed by atoms with Crippen LogP contribution in [-0.2, 0) is 0 Å². The number of rotatable bonds is 2. The molecule has 0 saturated carbocycles. The summed E-state index contributed by atoms with van der Waals surface area (Å²) < 4.78 is 1.11. The van der Waals surface area contributed by atoms with Crippen LogP contribution >= 0.6 is 15.9 Å². The summed E-state index contributed by atoms with van der Waals surface area (Å²) in [6.45, 7) is 6.78. The van der Waals surface area contributed by atoms with Crippen molar-refractivity contribution in [1.29, 1.82) is 0 Å². The lowest BCUT2D eigenvalue weighted by Gasteiger charge is -2.25. The van der Waals surface area contributed by atoms with Crippen LogP contribution in [0.3, 0.4) is 0 Å². The van der Waals surface area contributed by atoms with E-state index in [1.165, 1.54) is 28.1 Å². The highest BCUT2D eigenvalue weighted by molar-refractivity contribution is 9.10. The predicted molar refractivity (Wildman–Crippen MR) is 93.9 cm³/mol. The first-order valence-electron chi connectivity index (χ1n) is 7.52. The van der Waals surface area contributed by atoms with Gasteiger partial charge in [-0.25, -0.2) is 0 Å². The van der Waals surface area contributed by atoms with E-state index in [9.17, 15) is 0 Å². The number of fused-ring (bicyclic) bond motifs is 1. The maximum Gasteiger partial charge on any atom is 0.0702 e. The van der Waals surface area contributed by atoms with Gasteiger partial charge in [-0.05, 0) is 47.1 Å². The van der Waals surface area contributed by atoms with E-state index in [4.69, 9.17) is 4.99 Å². The molecule has 1 aliphatic heterocycles. The molecule has 0 N–H and O–H groups in total. The van der Waals surface area contributed by atoms with Crippen molar-refractivity contribution in [3.8, 4) is 0 Å². The largest absolute Gasteiger partial charge is 0.252 e. The van der Waals surface area contributed by atoms with Crippen molar-refractivity contribution in [1.82, 2.24) is 0 Å². The Morgan fingerprint density at radius 3 is 2.62 bits per heavy atom. The van der Waals surface area contributed by atoms with Gasteiger partial charge in [0, 0.05) is 10.2 Å². The number of aliphatic imine (C=N–C) groups is 1. The lowest BCUT2D eigenvalue weighted by molar-refractivity contribution is 0.779. The summed E-state index contributed by atoms with van der Waals surface area (Å²) in [6, 6.07) is 15.1. The van der Waals surface area contributed by atoms with Crippen molar-refractivity contribution in [2.24, 2.45) is 4.99 Å². The maximum atomic E-state index is 5.02. The second-order valence-corrected chi connectivity index (χ2v) is 7.03. The van der Waals surface area contributed by atoms with E-state index in [1.807, 2.05) is 0 Å². The molecule has 0 aromatic heterocycles. The van der Waals surface area contributed by atoms with Crippen LogP contribution in [0.5, 0.6) is 0 Å². The van der Waals surface area contributed by atoms with Crippen molar-refractivity contribution in [2.75, 3.05) is 0 Å². The number of hydrogen-bond donors (Lipinski definition) is 0. The highest BCUT2D eigenvalue weighted by atomic mass is 79.9. The smallest absolute Gasteiger partial charge is 0.0702 e. The molecule has 2 heteroatoms. The third kappa shape index (κ3) is 2.82. The molecule has 0 saturated heterocycles. The Hall–Kier alpha value is -1.41. The predicted octanol–water partition coefficient (Wildman–Crippen LogP) is 6.20. The zero-order valence-electron chi connectivity index (χ0n) is 12.7. The van der Waals surface area contributed by atoms with Gasteiger partial charge in [-0.3, -0.25) is 4.99 Å². The maximum absolute atomic E-state index is 5.02. The first-order valence-corrected chi connectivity index (χ1v) is 8.32. The van der Waals surface area contributed by atoms with Crippen LogP contribution in [0.15, 0.2) is 51.9 Å². The van der Waals surface area contributed by atoms with E-state index < -0.39 is 0 Å². The van der Waals surface area contributed by atoms with E-state index in [0.717, 1.165) is 10.9 Å². The Balaban J connectivity index is 2.15. The third-order valence-electron chi connectivity index (χ3n) is 4.16. The minimum atomic E-state index is 0.498. The highest BCUT2D eigenvalue weighted by Crippen LogP contribution is 2.40. The summed E-state index contributed by atoms with van der Waals surface area (Å²) in [7, 11) is 0. The first-order chi connectivity index (χ1) is 10.1. The van der Waals surface area contributed by atoms with Crippen molar-refractivity contribution >= 4 is 27.3 Å². The molecule has 1 nitrogen and oxygen atoms in total. The second kappa shape index (κ2) is 5.76. The van der Waals surface area contributed by atoms with E-state index in [2.05, 4.69) is 79.2 Å². The SMILES string of the molecule is CC(C)c1cccc2c1N=C(c1cccc(Br)c1)CC2C. The molecule has 0 aliphatic carbocycles. The average Bonchev–Trinajstić information content (AvgIpc) is 2.46. The van der Waals surface area contributed by atoms with Gasteiger partial charge in [0.1, 0.15) is 0 Å². The van der Waals surface area contributed by atoms with Gasteiger partial charge in [0.05, 0.1) is 5.69 Å². The number of halogens is 1. The van der Waals surface area contributed by atoms with Gasteiger partial charge in [-0.2, -0.15) is 0 Å². The van der Waals surface area contributed by atoms with Gasteiger partial charge in [0.15, 0.2) is 0 Å². The molecule has 0 radical (unpaired) electrons. The molecule has 0 spiro atoms. The number of para-hydroxylation sites is 1. The van der Waals surface area contributed by atoms with Gasteiger partial charge in [0.2, 0.25) is 0 Å². The summed E-state index contributed by atoms with van der Waals surface area (Å²) >= 11 is 3.56. The lowest BCUT2D eigenvalue weighted by Crippen LogP contribution is -2.12. The molecule has 1 unspecified atom stereocenters. The minimum absolute atomic E-state index is 0.498. The Kier molecular flexibility index (Phi) is 3.99. The van der Waals surface area contributed by atoms with Crippen LogP contribution in [0.2, 0.25) is 0 Å². The number of hydrogen-bond acceptors (Lipinski definition) is 1. The monoisotopic (exact) mass is 341 g/mol. The van der Waals surface area contributed by atoms with Crippen LogP contribution in [0.1, 0.15) is 55.7 Å². The highest BCUT2D eigenvalue weighted by Gasteiger charge is 2.22. The van der Waals surface area contributed by atoms with Crippen molar-refractivity contribution in [3.63, 3.8) is 0 Å². The quantitative estimate of drug-likeness (QED) is 0.616. The van der Waals surface area contributed by atoms with Crippen molar-refractivity contribution in [3.05, 3.63) is 63.6 Å². The third-order valence-corrected chi connectivity index (χ3v) is 4.65. The Morgan fingerprint density at radius 1 is 1.14 bits per heavy atom. The molecule has 3 rings (SSSR count). The second-order valence-electron chi connectivity index (χ2n) is 6.11. The minimum Gasteiger partial charge on any atom is -0.252 e. The Bertz CT molecular complexity index is 700. The Labute approximate surface area is 135 Å². The van der Waals surface area contributed by atoms with Gasteiger partial charge >= 0.3 is 0 Å². The fraction of sp³-hybridized carbons (Fsp3) is 0.316. The lowest BCUT2D eigenvalue weighted by atomic mass is 9.85. The summed E-state index contributed by atoms with van der Waals surface area (Å²) in [4.78, 5) is 5.02. The van der Waals surface area contributed by atoms with E-state index in [-0.39, 0.29) is 0 Å². The average molecular weight is 342 g/mol. The molecular formula is C19H20BrN. The van der Waals surface area contributed by atoms with Gasteiger partial charge in [0.25, 0.3) is 0 Å². The topological polar surface area (TPSA) is 12.4 Å². The molecule has 1 atom stereocenters. The number of benzene rings is 2. The molecule has 1 heterocycles. The molecule has 0 bridgehead atoms. The van der Waals surface area contributed by atoms with Crippen molar-refractivity contribution < 1.29 is 0 Å². The summed E-state index contributed by atoms with van der Waals surface area (Å²) in [6.07, 6.45) is 1.00. The van der Waals surface area contributed by atoms with Crippen molar-refractivity contribution in [2.45, 2.75) is 39.0 Å². The van der Waals surface area contributed by atoms with Gasteiger partial charge in [-0.15, -0.1) is 0 Å². The molecule has 108 valence electrons. The molecule has 2 aromatic rings. The van der Waals surface area contributed by atoms with E-state index >= 15 is 0 Å². The van der Waals surface area contributed by atoms with Crippen LogP contribution < -0.4 is 0 Å². The van der Waals surface area contributed by atoms with Crippen LogP contribution in [-0.4, -0.2) is 5.71 Å². The van der Waals surface area contributed by atoms with Crippen LogP contribution in [0.25, 0.3) is 0 Å². The van der Waals surface area contributed by atoms with Gasteiger partial charge in [-0.1, -0.05) is 67.0 Å². The summed E-state index contributed by atoms with van der Waals surface area (Å²) in [5.41, 5.74) is 6.36. The molecule has 2 aromatic carbocycles. The molecule has 0 amide bonds. The summed E-state index contributed by atoms with van der Waals surface area (Å²) in [5, 5.41) is 0. The fourth-order valence-electron chi connectivity index (χ4n) is 3.00. The molecule has 0 fully saturated rings. The zero-order chi connectivity index (χ0) is 15.0.